The van der Waals surface area contributed by atoms with Crippen LogP contribution in [0.3, 0.4) is 0 Å². The molecule has 0 saturated heterocycles. The van der Waals surface area contributed by atoms with Gasteiger partial charge in [0, 0.05) is 20.6 Å². The summed E-state index contributed by atoms with van der Waals surface area (Å²) in [4.78, 5) is 12.2. The number of anilines is 1. The highest BCUT2D eigenvalue weighted by atomic mass is 79.9. The number of carbonyl (C=O) groups is 1. The smallest absolute Gasteiger partial charge is 0.291 e. The molecule has 0 radical (unpaired) electrons. The molecular weight excluding hydrogens is 354 g/mol. The molecule has 0 unspecified atom stereocenters. The number of halogens is 2. The molecule has 0 atom stereocenters. The molecule has 0 saturated carbocycles. The number of furan rings is 1. The largest absolute Gasteiger partial charge is 0.451 e. The van der Waals surface area contributed by atoms with Crippen LogP contribution < -0.4 is 5.32 Å². The molecule has 3 aromatic rings. The van der Waals surface area contributed by atoms with Gasteiger partial charge in [-0.15, -0.1) is 0 Å². The van der Waals surface area contributed by atoms with Crippen molar-refractivity contribution in [3.63, 3.8) is 0 Å². The Morgan fingerprint density at radius 3 is 2.76 bits per heavy atom. The van der Waals surface area contributed by atoms with E-state index in [4.69, 9.17) is 16.0 Å². The van der Waals surface area contributed by atoms with Crippen molar-refractivity contribution in [1.29, 1.82) is 0 Å². The third-order valence-corrected chi connectivity index (χ3v) is 4.03. The topological polar surface area (TPSA) is 42.2 Å². The van der Waals surface area contributed by atoms with Crippen LogP contribution in [0.5, 0.6) is 0 Å². The molecule has 0 aliphatic heterocycles. The van der Waals surface area contributed by atoms with Gasteiger partial charge in [0.15, 0.2) is 5.76 Å². The molecule has 3 nitrogen and oxygen atoms in total. The number of amides is 1. The summed E-state index contributed by atoms with van der Waals surface area (Å²) in [6, 6.07) is 12.7. The van der Waals surface area contributed by atoms with Crippen molar-refractivity contribution in [1.82, 2.24) is 0 Å². The van der Waals surface area contributed by atoms with Crippen LogP contribution in [0.1, 0.15) is 16.1 Å². The van der Waals surface area contributed by atoms with Gasteiger partial charge in [-0.3, -0.25) is 4.79 Å². The maximum Gasteiger partial charge on any atom is 0.291 e. The number of hydrogen-bond donors (Lipinski definition) is 1. The Balaban J connectivity index is 1.87. The zero-order valence-electron chi connectivity index (χ0n) is 11.1. The second-order valence-electron chi connectivity index (χ2n) is 4.71. The normalized spacial score (nSPS) is 10.8. The fourth-order valence-electron chi connectivity index (χ4n) is 1.99. The summed E-state index contributed by atoms with van der Waals surface area (Å²) < 4.78 is 6.48. The highest BCUT2D eigenvalue weighted by molar-refractivity contribution is 9.10. The maximum atomic E-state index is 12.2. The minimum Gasteiger partial charge on any atom is -0.451 e. The number of nitrogens with one attached hydrogen (secondary N) is 1. The van der Waals surface area contributed by atoms with E-state index in [0.717, 1.165) is 15.4 Å². The first-order chi connectivity index (χ1) is 10.0. The van der Waals surface area contributed by atoms with Gasteiger partial charge in [-0.05, 0) is 48.9 Å². The summed E-state index contributed by atoms with van der Waals surface area (Å²) in [6.45, 7) is 1.91. The molecule has 21 heavy (non-hydrogen) atoms. The molecule has 3 rings (SSSR count). The molecule has 0 aliphatic carbocycles. The fourth-order valence-corrected chi connectivity index (χ4v) is 2.55. The molecular formula is C16H11BrClNO2. The van der Waals surface area contributed by atoms with E-state index >= 15 is 0 Å². The van der Waals surface area contributed by atoms with Crippen LogP contribution >= 0.6 is 27.5 Å². The highest BCUT2D eigenvalue weighted by Crippen LogP contribution is 2.25. The summed E-state index contributed by atoms with van der Waals surface area (Å²) in [5, 5.41) is 4.26. The number of fused-ring (bicyclic) bond motifs is 1. The van der Waals surface area contributed by atoms with Crippen molar-refractivity contribution in [3.05, 3.63) is 63.3 Å². The van der Waals surface area contributed by atoms with Gasteiger partial charge in [0.2, 0.25) is 0 Å². The van der Waals surface area contributed by atoms with E-state index in [1.807, 2.05) is 31.2 Å². The minimum atomic E-state index is -0.303. The lowest BCUT2D eigenvalue weighted by molar-refractivity contribution is 0.0998. The zero-order chi connectivity index (χ0) is 15.0. The third-order valence-electron chi connectivity index (χ3n) is 3.13. The van der Waals surface area contributed by atoms with Crippen LogP contribution in [0, 0.1) is 6.92 Å². The molecule has 5 heteroatoms. The fraction of sp³-hybridized carbons (Fsp3) is 0.0625. The van der Waals surface area contributed by atoms with Crippen LogP contribution in [0.4, 0.5) is 5.69 Å². The van der Waals surface area contributed by atoms with Gasteiger partial charge in [-0.1, -0.05) is 33.6 Å². The lowest BCUT2D eigenvalue weighted by atomic mass is 10.2. The monoisotopic (exact) mass is 363 g/mol. The van der Waals surface area contributed by atoms with Crippen molar-refractivity contribution in [2.24, 2.45) is 0 Å². The number of aryl methyl sites for hydroxylation is 1. The standard InChI is InChI=1S/C16H11BrClNO2/c1-9-2-4-12(8-13(9)18)19-16(20)15-7-10-6-11(17)3-5-14(10)21-15/h2-8H,1H3,(H,19,20). The van der Waals surface area contributed by atoms with Crippen LogP contribution in [0.15, 0.2) is 51.4 Å². The predicted molar refractivity (Wildman–Crippen MR) is 88.1 cm³/mol. The van der Waals surface area contributed by atoms with Crippen molar-refractivity contribution in [2.75, 3.05) is 5.32 Å². The summed E-state index contributed by atoms with van der Waals surface area (Å²) in [6.07, 6.45) is 0. The van der Waals surface area contributed by atoms with E-state index in [1.165, 1.54) is 0 Å². The number of carbonyl (C=O) groups excluding carboxylic acids is 1. The number of benzene rings is 2. The van der Waals surface area contributed by atoms with Crippen molar-refractivity contribution in [2.45, 2.75) is 6.92 Å². The van der Waals surface area contributed by atoms with E-state index in [2.05, 4.69) is 21.2 Å². The van der Waals surface area contributed by atoms with Crippen LogP contribution in [0.25, 0.3) is 11.0 Å². The van der Waals surface area contributed by atoms with E-state index in [9.17, 15) is 4.79 Å². The lowest BCUT2D eigenvalue weighted by Crippen LogP contribution is -2.10. The minimum absolute atomic E-state index is 0.264. The van der Waals surface area contributed by atoms with Gasteiger partial charge in [-0.2, -0.15) is 0 Å². The molecule has 0 aliphatic rings. The van der Waals surface area contributed by atoms with E-state index in [0.29, 0.717) is 16.3 Å². The van der Waals surface area contributed by atoms with Gasteiger partial charge in [0.25, 0.3) is 5.91 Å². The molecule has 1 aromatic heterocycles. The first kappa shape index (κ1) is 14.2. The summed E-state index contributed by atoms with van der Waals surface area (Å²) >= 11 is 9.44. The first-order valence-electron chi connectivity index (χ1n) is 6.29. The Labute approximate surface area is 135 Å². The van der Waals surface area contributed by atoms with Crippen LogP contribution in [0.2, 0.25) is 5.02 Å². The average molecular weight is 365 g/mol. The summed E-state index contributed by atoms with van der Waals surface area (Å²) in [5.41, 5.74) is 2.27. The lowest BCUT2D eigenvalue weighted by Gasteiger charge is -2.05. The molecule has 2 aromatic carbocycles. The predicted octanol–water partition coefficient (Wildman–Crippen LogP) is 5.41. The van der Waals surface area contributed by atoms with E-state index in [1.54, 1.807) is 18.2 Å². The Bertz CT molecular complexity index is 841. The van der Waals surface area contributed by atoms with Crippen molar-refractivity contribution < 1.29 is 9.21 Å². The molecule has 1 N–H and O–H groups in total. The maximum absolute atomic E-state index is 12.2. The van der Waals surface area contributed by atoms with Crippen LogP contribution in [-0.2, 0) is 0 Å². The van der Waals surface area contributed by atoms with Crippen LogP contribution in [-0.4, -0.2) is 5.91 Å². The van der Waals surface area contributed by atoms with E-state index in [-0.39, 0.29) is 11.7 Å². The summed E-state index contributed by atoms with van der Waals surface area (Å²) in [7, 11) is 0. The van der Waals surface area contributed by atoms with Gasteiger partial charge >= 0.3 is 0 Å². The Hall–Kier alpha value is -1.78. The molecule has 1 amide bonds. The first-order valence-corrected chi connectivity index (χ1v) is 7.46. The van der Waals surface area contributed by atoms with Gasteiger partial charge < -0.3 is 9.73 Å². The Morgan fingerprint density at radius 1 is 1.19 bits per heavy atom. The second kappa shape index (κ2) is 5.54. The number of rotatable bonds is 2. The number of hydrogen-bond acceptors (Lipinski definition) is 2. The highest BCUT2D eigenvalue weighted by Gasteiger charge is 2.13. The van der Waals surface area contributed by atoms with Crippen molar-refractivity contribution in [3.8, 4) is 0 Å². The Morgan fingerprint density at radius 2 is 2.00 bits per heavy atom. The molecule has 106 valence electrons. The van der Waals surface area contributed by atoms with Gasteiger partial charge in [0.05, 0.1) is 0 Å². The average Bonchev–Trinajstić information content (AvgIpc) is 2.86. The van der Waals surface area contributed by atoms with Crippen molar-refractivity contribution >= 4 is 50.1 Å². The zero-order valence-corrected chi connectivity index (χ0v) is 13.5. The van der Waals surface area contributed by atoms with Gasteiger partial charge in [0.1, 0.15) is 5.58 Å². The van der Waals surface area contributed by atoms with Gasteiger partial charge in [-0.25, -0.2) is 0 Å². The third kappa shape index (κ3) is 2.96. The molecule has 0 bridgehead atoms. The Kier molecular flexibility index (Phi) is 3.74. The quantitative estimate of drug-likeness (QED) is 0.660. The SMILES string of the molecule is Cc1ccc(NC(=O)c2cc3cc(Br)ccc3o2)cc1Cl. The molecule has 0 fully saturated rings. The molecule has 0 spiro atoms. The second-order valence-corrected chi connectivity index (χ2v) is 6.03. The molecule has 1 heterocycles. The van der Waals surface area contributed by atoms with E-state index < -0.39 is 0 Å². The summed E-state index contributed by atoms with van der Waals surface area (Å²) in [5.74, 6) is -0.0398.